The summed E-state index contributed by atoms with van der Waals surface area (Å²) in [6.07, 6.45) is 7.82. The minimum Gasteiger partial charge on any atom is -0.457 e. The Morgan fingerprint density at radius 3 is 2.70 bits per heavy atom. The van der Waals surface area contributed by atoms with Crippen molar-refractivity contribution in [2.75, 3.05) is 0 Å². The minimum absolute atomic E-state index is 0.00602. The molecule has 2 fully saturated rings. The predicted molar refractivity (Wildman–Crippen MR) is 87.6 cm³/mol. The number of ketones is 1. The van der Waals surface area contributed by atoms with Crippen molar-refractivity contribution in [1.29, 1.82) is 0 Å². The van der Waals surface area contributed by atoms with Gasteiger partial charge in [-0.05, 0) is 49.5 Å². The second kappa shape index (κ2) is 4.58. The van der Waals surface area contributed by atoms with Crippen LogP contribution in [-0.2, 0) is 14.3 Å². The molecular formula is C20H26O3. The molecule has 1 aliphatic heterocycles. The Kier molecular flexibility index (Phi) is 3.02. The van der Waals surface area contributed by atoms with Gasteiger partial charge in [-0.2, -0.15) is 0 Å². The van der Waals surface area contributed by atoms with E-state index in [1.165, 1.54) is 11.1 Å². The molecule has 3 heteroatoms. The van der Waals surface area contributed by atoms with Gasteiger partial charge in [-0.1, -0.05) is 38.0 Å². The van der Waals surface area contributed by atoms with Crippen LogP contribution in [0.3, 0.4) is 0 Å². The summed E-state index contributed by atoms with van der Waals surface area (Å²) >= 11 is 0. The molecule has 0 amide bonds. The molecule has 0 aromatic rings. The van der Waals surface area contributed by atoms with Crippen LogP contribution in [-0.4, -0.2) is 17.9 Å². The Bertz CT molecular complexity index is 656. The number of esters is 1. The highest BCUT2D eigenvalue weighted by Gasteiger charge is 2.68. The Labute approximate surface area is 138 Å². The topological polar surface area (TPSA) is 43.4 Å². The molecule has 0 radical (unpaired) electrons. The van der Waals surface area contributed by atoms with E-state index in [0.29, 0.717) is 18.3 Å². The van der Waals surface area contributed by atoms with Gasteiger partial charge in [0.15, 0.2) is 0 Å². The van der Waals surface area contributed by atoms with E-state index in [1.807, 2.05) is 6.92 Å². The average molecular weight is 314 g/mol. The van der Waals surface area contributed by atoms with E-state index in [2.05, 4.69) is 32.9 Å². The molecule has 23 heavy (non-hydrogen) atoms. The molecule has 0 aromatic carbocycles. The number of carbonyl (C=O) groups is 2. The largest absolute Gasteiger partial charge is 0.457 e. The molecule has 1 saturated heterocycles. The smallest absolute Gasteiger partial charge is 0.320 e. The van der Waals surface area contributed by atoms with Gasteiger partial charge < -0.3 is 4.74 Å². The van der Waals surface area contributed by atoms with Crippen LogP contribution >= 0.6 is 0 Å². The minimum atomic E-state index is -0.929. The van der Waals surface area contributed by atoms with Crippen molar-refractivity contribution in [2.24, 2.45) is 28.6 Å². The van der Waals surface area contributed by atoms with Gasteiger partial charge >= 0.3 is 5.97 Å². The van der Waals surface area contributed by atoms with Crippen molar-refractivity contribution < 1.29 is 14.3 Å². The molecule has 5 atom stereocenters. The van der Waals surface area contributed by atoms with Gasteiger partial charge in [-0.25, -0.2) is 0 Å². The maximum absolute atomic E-state index is 12.5. The predicted octanol–water partition coefficient (Wildman–Crippen LogP) is 3.84. The lowest BCUT2D eigenvalue weighted by molar-refractivity contribution is -0.155. The van der Waals surface area contributed by atoms with E-state index >= 15 is 0 Å². The first kappa shape index (κ1) is 15.2. The SMILES string of the molecule is CC(C)C1=CC[C@@H]2C(=C[C@H]3OC(=O)[C@@]4(C)C(=O)CC[C@@]2(C)[C@@H]34)C1. The molecule has 3 aliphatic carbocycles. The van der Waals surface area contributed by atoms with E-state index in [4.69, 9.17) is 4.74 Å². The molecule has 4 rings (SSSR count). The highest BCUT2D eigenvalue weighted by atomic mass is 16.6. The van der Waals surface area contributed by atoms with Crippen LogP contribution in [0.25, 0.3) is 0 Å². The second-order valence-corrected chi connectivity index (χ2v) is 8.62. The zero-order valence-corrected chi connectivity index (χ0v) is 14.5. The summed E-state index contributed by atoms with van der Waals surface area (Å²) in [7, 11) is 0. The monoisotopic (exact) mass is 314 g/mol. The Hall–Kier alpha value is -1.38. The lowest BCUT2D eigenvalue weighted by atomic mass is 9.46. The fourth-order valence-electron chi connectivity index (χ4n) is 5.78. The van der Waals surface area contributed by atoms with E-state index < -0.39 is 5.41 Å². The number of carbonyl (C=O) groups excluding carboxylic acids is 2. The van der Waals surface area contributed by atoms with Gasteiger partial charge in [0.25, 0.3) is 0 Å². The Morgan fingerprint density at radius 1 is 1.26 bits per heavy atom. The quantitative estimate of drug-likeness (QED) is 0.419. The summed E-state index contributed by atoms with van der Waals surface area (Å²) in [4.78, 5) is 25.1. The molecule has 3 nitrogen and oxygen atoms in total. The Balaban J connectivity index is 1.81. The molecule has 1 heterocycles. The molecule has 1 saturated carbocycles. The lowest BCUT2D eigenvalue weighted by Crippen LogP contribution is -2.56. The molecular weight excluding hydrogens is 288 g/mol. The summed E-state index contributed by atoms with van der Waals surface area (Å²) in [6, 6.07) is 0. The van der Waals surface area contributed by atoms with Crippen LogP contribution in [0, 0.1) is 28.6 Å². The first-order chi connectivity index (χ1) is 10.8. The third-order valence-electron chi connectivity index (χ3n) is 7.19. The van der Waals surface area contributed by atoms with Crippen molar-refractivity contribution in [3.05, 3.63) is 23.3 Å². The van der Waals surface area contributed by atoms with Gasteiger partial charge in [0.05, 0.1) is 0 Å². The molecule has 0 spiro atoms. The van der Waals surface area contributed by atoms with Crippen LogP contribution < -0.4 is 0 Å². The van der Waals surface area contributed by atoms with E-state index in [-0.39, 0.29) is 29.2 Å². The van der Waals surface area contributed by atoms with Crippen LogP contribution in [0.1, 0.15) is 53.4 Å². The van der Waals surface area contributed by atoms with Crippen molar-refractivity contribution in [3.8, 4) is 0 Å². The molecule has 0 aromatic heterocycles. The zero-order chi connectivity index (χ0) is 16.6. The third kappa shape index (κ3) is 1.77. The first-order valence-electron chi connectivity index (χ1n) is 8.92. The number of hydrogen-bond donors (Lipinski definition) is 0. The highest BCUT2D eigenvalue weighted by Crippen LogP contribution is 2.64. The summed E-state index contributed by atoms with van der Waals surface area (Å²) in [6.45, 7) is 8.61. The maximum Gasteiger partial charge on any atom is 0.320 e. The van der Waals surface area contributed by atoms with Crippen LogP contribution in [0.4, 0.5) is 0 Å². The molecule has 0 bridgehead atoms. The molecule has 4 aliphatic rings. The zero-order valence-electron chi connectivity index (χ0n) is 14.5. The van der Waals surface area contributed by atoms with E-state index in [9.17, 15) is 9.59 Å². The number of rotatable bonds is 1. The molecule has 124 valence electrons. The van der Waals surface area contributed by atoms with Crippen LogP contribution in [0.15, 0.2) is 23.3 Å². The van der Waals surface area contributed by atoms with Gasteiger partial charge in [-0.15, -0.1) is 0 Å². The van der Waals surface area contributed by atoms with Gasteiger partial charge in [0.1, 0.15) is 17.3 Å². The molecule has 0 N–H and O–H groups in total. The number of Topliss-reactive ketones (excluding diaryl/α,β-unsaturated/α-hetero) is 1. The van der Waals surface area contributed by atoms with Gasteiger partial charge in [-0.3, -0.25) is 9.59 Å². The van der Waals surface area contributed by atoms with Crippen molar-refractivity contribution in [3.63, 3.8) is 0 Å². The van der Waals surface area contributed by atoms with Crippen molar-refractivity contribution in [2.45, 2.75) is 59.5 Å². The molecule has 0 unspecified atom stereocenters. The fraction of sp³-hybridized carbons (Fsp3) is 0.700. The standard InChI is InChI=1S/C20H26O3/c1-11(2)12-5-6-14-13(9-12)10-15-17-19(14,3)8-7-16(21)20(17,4)18(22)23-15/h5,10-11,14-15,17H,6-9H2,1-4H3/t14-,15-,17-,19-,20+/m1/s1. The maximum atomic E-state index is 12.5. The fourth-order valence-corrected chi connectivity index (χ4v) is 5.78. The summed E-state index contributed by atoms with van der Waals surface area (Å²) in [5.41, 5.74) is 1.99. The third-order valence-corrected chi connectivity index (χ3v) is 7.19. The normalized spacial score (nSPS) is 45.2. The van der Waals surface area contributed by atoms with Gasteiger partial charge in [0.2, 0.25) is 0 Å². The van der Waals surface area contributed by atoms with Crippen molar-refractivity contribution in [1.82, 2.24) is 0 Å². The Morgan fingerprint density at radius 2 is 2.00 bits per heavy atom. The van der Waals surface area contributed by atoms with Crippen molar-refractivity contribution >= 4 is 11.8 Å². The number of allylic oxidation sites excluding steroid dienone is 3. The summed E-state index contributed by atoms with van der Waals surface area (Å²) in [5, 5.41) is 0. The van der Waals surface area contributed by atoms with Crippen LogP contribution in [0.5, 0.6) is 0 Å². The second-order valence-electron chi connectivity index (χ2n) is 8.62. The summed E-state index contributed by atoms with van der Waals surface area (Å²) < 4.78 is 5.71. The number of hydrogen-bond acceptors (Lipinski definition) is 3. The lowest BCUT2D eigenvalue weighted by Gasteiger charge is -2.54. The van der Waals surface area contributed by atoms with Crippen LogP contribution in [0.2, 0.25) is 0 Å². The van der Waals surface area contributed by atoms with Gasteiger partial charge in [0, 0.05) is 12.3 Å². The number of fused-ring (bicyclic) bond motifs is 2. The van der Waals surface area contributed by atoms with E-state index in [0.717, 1.165) is 19.3 Å². The highest BCUT2D eigenvalue weighted by molar-refractivity contribution is 6.06. The first-order valence-corrected chi connectivity index (χ1v) is 8.92. The van der Waals surface area contributed by atoms with E-state index in [1.54, 1.807) is 0 Å². The summed E-state index contributed by atoms with van der Waals surface area (Å²) in [5.74, 6) is 0.806. The average Bonchev–Trinajstić information content (AvgIpc) is 2.76. The number of ether oxygens (including phenoxy) is 1.